The highest BCUT2D eigenvalue weighted by Crippen LogP contribution is 2.47. The number of benzene rings is 1. The van der Waals surface area contributed by atoms with Gasteiger partial charge in [0.1, 0.15) is 10.8 Å². The van der Waals surface area contributed by atoms with Crippen LogP contribution in [0.15, 0.2) is 6.07 Å². The van der Waals surface area contributed by atoms with Crippen LogP contribution < -0.4 is 9.47 Å². The van der Waals surface area contributed by atoms with Gasteiger partial charge in [-0.05, 0) is 6.07 Å². The number of ether oxygens (including phenoxy) is 2. The van der Waals surface area contributed by atoms with Crippen molar-refractivity contribution in [3.05, 3.63) is 16.7 Å². The summed E-state index contributed by atoms with van der Waals surface area (Å²) in [4.78, 5) is 10.6. The number of carboxylic acids is 1. The van der Waals surface area contributed by atoms with Gasteiger partial charge in [-0.1, -0.05) is 11.6 Å². The highest BCUT2D eigenvalue weighted by atomic mass is 35.5. The van der Waals surface area contributed by atoms with Crippen molar-refractivity contribution >= 4 is 17.6 Å². The quantitative estimate of drug-likeness (QED) is 0.717. The Kier molecular flexibility index (Phi) is 2.53. The van der Waals surface area contributed by atoms with Crippen LogP contribution in [0.2, 0.25) is 5.02 Å². The molecule has 1 aromatic carbocycles. The van der Waals surface area contributed by atoms with Crippen molar-refractivity contribution in [3.8, 4) is 17.2 Å². The SMILES string of the molecule is O=C(O)C(O)c1cc2c(c(Cl)c1O)OCO2. The van der Waals surface area contributed by atoms with E-state index < -0.39 is 17.8 Å². The van der Waals surface area contributed by atoms with Crippen LogP contribution in [-0.2, 0) is 4.79 Å². The molecule has 16 heavy (non-hydrogen) atoms. The number of fused-ring (bicyclic) bond motifs is 1. The monoisotopic (exact) mass is 246 g/mol. The fraction of sp³-hybridized carbons (Fsp3) is 0.222. The van der Waals surface area contributed by atoms with Gasteiger partial charge in [0.2, 0.25) is 6.79 Å². The van der Waals surface area contributed by atoms with E-state index in [1.165, 1.54) is 6.07 Å². The molecule has 1 heterocycles. The third-order valence-electron chi connectivity index (χ3n) is 2.14. The summed E-state index contributed by atoms with van der Waals surface area (Å²) in [5.41, 5.74) is -0.234. The number of carboxylic acid groups (broad SMARTS) is 1. The van der Waals surface area contributed by atoms with E-state index >= 15 is 0 Å². The molecule has 0 saturated carbocycles. The lowest BCUT2D eigenvalue weighted by molar-refractivity contribution is -0.147. The minimum Gasteiger partial charge on any atom is -0.506 e. The molecular formula is C9H7ClO6. The first-order valence-electron chi connectivity index (χ1n) is 4.24. The van der Waals surface area contributed by atoms with Crippen LogP contribution in [0.25, 0.3) is 0 Å². The number of aromatic hydroxyl groups is 1. The summed E-state index contributed by atoms with van der Waals surface area (Å²) in [5, 5.41) is 27.4. The summed E-state index contributed by atoms with van der Waals surface area (Å²) in [6, 6.07) is 1.18. The van der Waals surface area contributed by atoms with Crippen LogP contribution >= 0.6 is 11.6 Å². The molecule has 1 unspecified atom stereocenters. The summed E-state index contributed by atoms with van der Waals surface area (Å²) in [5.74, 6) is -1.69. The number of hydrogen-bond donors (Lipinski definition) is 3. The van der Waals surface area contributed by atoms with Gasteiger partial charge in [-0.25, -0.2) is 4.79 Å². The van der Waals surface area contributed by atoms with Gasteiger partial charge in [0.05, 0.1) is 0 Å². The Morgan fingerprint density at radius 1 is 1.50 bits per heavy atom. The van der Waals surface area contributed by atoms with Gasteiger partial charge in [0.25, 0.3) is 0 Å². The molecule has 86 valence electrons. The minimum atomic E-state index is -1.87. The maximum atomic E-state index is 10.6. The first kappa shape index (κ1) is 10.8. The molecule has 0 bridgehead atoms. The zero-order valence-electron chi connectivity index (χ0n) is 7.81. The number of phenols is 1. The standard InChI is InChI=1S/C9H7ClO6/c10-5-6(11)3(7(12)9(13)14)1-4-8(5)16-2-15-4/h1,7,11-12H,2H2,(H,13,14). The number of halogens is 1. The van der Waals surface area contributed by atoms with E-state index in [1.807, 2.05) is 0 Å². The van der Waals surface area contributed by atoms with E-state index in [9.17, 15) is 15.0 Å². The van der Waals surface area contributed by atoms with E-state index in [2.05, 4.69) is 0 Å². The number of hydrogen-bond acceptors (Lipinski definition) is 5. The third-order valence-corrected chi connectivity index (χ3v) is 2.49. The van der Waals surface area contributed by atoms with Crippen LogP contribution in [0.1, 0.15) is 11.7 Å². The van der Waals surface area contributed by atoms with Gasteiger partial charge < -0.3 is 24.8 Å². The smallest absolute Gasteiger partial charge is 0.337 e. The predicted molar refractivity (Wildman–Crippen MR) is 51.8 cm³/mol. The largest absolute Gasteiger partial charge is 0.506 e. The van der Waals surface area contributed by atoms with Crippen molar-refractivity contribution in [2.75, 3.05) is 6.79 Å². The van der Waals surface area contributed by atoms with Crippen molar-refractivity contribution in [2.45, 2.75) is 6.10 Å². The molecule has 0 aliphatic carbocycles. The van der Waals surface area contributed by atoms with E-state index in [0.717, 1.165) is 0 Å². The number of rotatable bonds is 2. The van der Waals surface area contributed by atoms with Crippen LogP contribution in [0, 0.1) is 0 Å². The Morgan fingerprint density at radius 2 is 2.19 bits per heavy atom. The number of carbonyl (C=O) groups is 1. The molecule has 0 saturated heterocycles. The molecule has 2 rings (SSSR count). The minimum absolute atomic E-state index is 0.0683. The zero-order chi connectivity index (χ0) is 11.9. The Hall–Kier alpha value is -1.66. The number of aliphatic carboxylic acids is 1. The number of aliphatic hydroxyl groups is 1. The molecular weight excluding hydrogens is 240 g/mol. The van der Waals surface area contributed by atoms with Crippen LogP contribution in [0.3, 0.4) is 0 Å². The molecule has 1 atom stereocenters. The van der Waals surface area contributed by atoms with Gasteiger partial charge in [-0.2, -0.15) is 0 Å². The normalized spacial score (nSPS) is 14.9. The summed E-state index contributed by atoms with van der Waals surface area (Å²) >= 11 is 5.73. The van der Waals surface area contributed by atoms with Crippen molar-refractivity contribution < 1.29 is 29.6 Å². The molecule has 0 amide bonds. The second-order valence-electron chi connectivity index (χ2n) is 3.10. The molecule has 7 heteroatoms. The predicted octanol–water partition coefficient (Wildman–Crippen LogP) is 0.892. The Labute approximate surface area is 94.6 Å². The van der Waals surface area contributed by atoms with Gasteiger partial charge in [-0.3, -0.25) is 0 Å². The fourth-order valence-electron chi connectivity index (χ4n) is 1.35. The molecule has 1 aliphatic heterocycles. The first-order valence-corrected chi connectivity index (χ1v) is 4.62. The van der Waals surface area contributed by atoms with E-state index in [0.29, 0.717) is 0 Å². The lowest BCUT2D eigenvalue weighted by Crippen LogP contribution is -2.10. The maximum Gasteiger partial charge on any atom is 0.337 e. The van der Waals surface area contributed by atoms with Gasteiger partial charge >= 0.3 is 5.97 Å². The van der Waals surface area contributed by atoms with Gasteiger partial charge in [0, 0.05) is 5.56 Å². The molecule has 3 N–H and O–H groups in total. The lowest BCUT2D eigenvalue weighted by Gasteiger charge is -2.11. The molecule has 6 nitrogen and oxygen atoms in total. The zero-order valence-corrected chi connectivity index (χ0v) is 8.56. The summed E-state index contributed by atoms with van der Waals surface area (Å²) in [6.45, 7) is -0.0683. The number of phenolic OH excluding ortho intramolecular Hbond substituents is 1. The van der Waals surface area contributed by atoms with E-state index in [-0.39, 0.29) is 28.9 Å². The molecule has 0 aromatic heterocycles. The molecule has 1 aromatic rings. The maximum absolute atomic E-state index is 10.6. The number of aliphatic hydroxyl groups excluding tert-OH is 1. The highest BCUT2D eigenvalue weighted by Gasteiger charge is 2.28. The Balaban J connectivity index is 2.56. The third kappa shape index (κ3) is 1.52. The molecule has 1 aliphatic rings. The average molecular weight is 247 g/mol. The average Bonchev–Trinajstić information content (AvgIpc) is 2.70. The second-order valence-corrected chi connectivity index (χ2v) is 3.48. The summed E-state index contributed by atoms with van der Waals surface area (Å²) < 4.78 is 9.95. The molecule has 0 spiro atoms. The fourth-order valence-corrected chi connectivity index (χ4v) is 1.61. The highest BCUT2D eigenvalue weighted by molar-refractivity contribution is 6.34. The van der Waals surface area contributed by atoms with E-state index in [4.69, 9.17) is 26.2 Å². The lowest BCUT2D eigenvalue weighted by atomic mass is 10.1. The van der Waals surface area contributed by atoms with Crippen LogP contribution in [-0.4, -0.2) is 28.1 Å². The summed E-state index contributed by atoms with van der Waals surface area (Å²) in [6.07, 6.45) is -1.87. The Bertz CT molecular complexity index is 458. The van der Waals surface area contributed by atoms with E-state index in [1.54, 1.807) is 0 Å². The van der Waals surface area contributed by atoms with Crippen molar-refractivity contribution in [1.29, 1.82) is 0 Å². The molecule has 0 fully saturated rings. The second kappa shape index (κ2) is 3.73. The van der Waals surface area contributed by atoms with Crippen LogP contribution in [0.4, 0.5) is 0 Å². The van der Waals surface area contributed by atoms with Crippen molar-refractivity contribution in [3.63, 3.8) is 0 Å². The van der Waals surface area contributed by atoms with Gasteiger partial charge in [0.15, 0.2) is 17.6 Å². The van der Waals surface area contributed by atoms with Crippen molar-refractivity contribution in [2.24, 2.45) is 0 Å². The van der Waals surface area contributed by atoms with Crippen molar-refractivity contribution in [1.82, 2.24) is 0 Å². The summed E-state index contributed by atoms with van der Waals surface area (Å²) in [7, 11) is 0. The molecule has 0 radical (unpaired) electrons. The first-order chi connectivity index (χ1) is 7.52. The van der Waals surface area contributed by atoms with Crippen LogP contribution in [0.5, 0.6) is 17.2 Å². The Morgan fingerprint density at radius 3 is 2.81 bits per heavy atom. The topological polar surface area (TPSA) is 96.2 Å². The van der Waals surface area contributed by atoms with Gasteiger partial charge in [-0.15, -0.1) is 0 Å².